The van der Waals surface area contributed by atoms with Gasteiger partial charge in [-0.2, -0.15) is 0 Å². The quantitative estimate of drug-likeness (QED) is 0.799. The third-order valence-corrected chi connectivity index (χ3v) is 5.05. The van der Waals surface area contributed by atoms with Gasteiger partial charge in [-0.3, -0.25) is 14.5 Å². The van der Waals surface area contributed by atoms with E-state index in [4.69, 9.17) is 4.74 Å². The highest BCUT2D eigenvalue weighted by Gasteiger charge is 2.25. The average molecular weight is 381 g/mol. The lowest BCUT2D eigenvalue weighted by molar-refractivity contribution is -0.131. The average Bonchev–Trinajstić information content (AvgIpc) is 2.72. The minimum absolute atomic E-state index is 0.0144. The number of piperazine rings is 1. The summed E-state index contributed by atoms with van der Waals surface area (Å²) in [7, 11) is 1.57. The van der Waals surface area contributed by atoms with Crippen LogP contribution in [0.2, 0.25) is 0 Å². The van der Waals surface area contributed by atoms with Gasteiger partial charge in [0, 0.05) is 38.8 Å². The maximum absolute atomic E-state index is 12.9. The van der Waals surface area contributed by atoms with Gasteiger partial charge in [0.1, 0.15) is 12.3 Å². The molecule has 1 aliphatic rings. The molecule has 2 aromatic rings. The molecule has 1 heterocycles. The smallest absolute Gasteiger partial charge is 0.242 e. The lowest BCUT2D eigenvalue weighted by Gasteiger charge is -2.37. The summed E-state index contributed by atoms with van der Waals surface area (Å²) in [6.45, 7) is 6.29. The highest BCUT2D eigenvalue weighted by atomic mass is 16.5. The zero-order valence-corrected chi connectivity index (χ0v) is 16.7. The van der Waals surface area contributed by atoms with Crippen LogP contribution >= 0.6 is 0 Å². The van der Waals surface area contributed by atoms with E-state index in [2.05, 4.69) is 17.0 Å². The van der Waals surface area contributed by atoms with Crippen LogP contribution in [0.1, 0.15) is 12.5 Å². The van der Waals surface area contributed by atoms with Gasteiger partial charge in [-0.1, -0.05) is 24.3 Å². The number of rotatable bonds is 5. The molecule has 0 N–H and O–H groups in total. The van der Waals surface area contributed by atoms with Crippen molar-refractivity contribution in [1.29, 1.82) is 0 Å². The molecule has 0 bridgehead atoms. The number of nitrogens with zero attached hydrogens (tertiary/aromatic N) is 3. The lowest BCUT2D eigenvalue weighted by atomic mass is 10.2. The second-order valence-electron chi connectivity index (χ2n) is 6.98. The second kappa shape index (κ2) is 8.78. The number of methoxy groups -OCH3 is 1. The van der Waals surface area contributed by atoms with Crippen LogP contribution in [0.5, 0.6) is 5.75 Å². The first-order valence-electron chi connectivity index (χ1n) is 9.50. The molecule has 0 aromatic heterocycles. The second-order valence-corrected chi connectivity index (χ2v) is 6.98. The summed E-state index contributed by atoms with van der Waals surface area (Å²) < 4.78 is 5.40. The number of anilines is 2. The number of carbonyl (C=O) groups is 2. The topological polar surface area (TPSA) is 53.1 Å². The van der Waals surface area contributed by atoms with Gasteiger partial charge < -0.3 is 14.5 Å². The third-order valence-electron chi connectivity index (χ3n) is 5.05. The Hall–Kier alpha value is -3.02. The third kappa shape index (κ3) is 4.44. The van der Waals surface area contributed by atoms with E-state index in [0.29, 0.717) is 24.5 Å². The van der Waals surface area contributed by atoms with Crippen molar-refractivity contribution in [3.63, 3.8) is 0 Å². The fraction of sp³-hybridized carbons (Fsp3) is 0.364. The van der Waals surface area contributed by atoms with Gasteiger partial charge >= 0.3 is 0 Å². The van der Waals surface area contributed by atoms with Crippen LogP contribution < -0.4 is 14.5 Å². The predicted octanol–water partition coefficient (Wildman–Crippen LogP) is 2.71. The van der Waals surface area contributed by atoms with Crippen molar-refractivity contribution in [2.75, 3.05) is 49.6 Å². The maximum Gasteiger partial charge on any atom is 0.242 e. The molecule has 2 amide bonds. The number of amides is 2. The molecule has 1 saturated heterocycles. The minimum atomic E-state index is -0.180. The van der Waals surface area contributed by atoms with E-state index in [1.807, 2.05) is 48.2 Å². The molecular weight excluding hydrogens is 354 g/mol. The fourth-order valence-electron chi connectivity index (χ4n) is 3.47. The number of ether oxygens (including phenoxy) is 1. The zero-order chi connectivity index (χ0) is 20.1. The van der Waals surface area contributed by atoms with E-state index in [1.165, 1.54) is 17.5 Å². The molecule has 0 aliphatic carbocycles. The molecule has 1 fully saturated rings. The molecule has 0 atom stereocenters. The van der Waals surface area contributed by atoms with Crippen molar-refractivity contribution in [2.24, 2.45) is 0 Å². The number of benzene rings is 2. The Morgan fingerprint density at radius 2 is 1.71 bits per heavy atom. The van der Waals surface area contributed by atoms with E-state index in [0.717, 1.165) is 18.7 Å². The molecule has 28 heavy (non-hydrogen) atoms. The Bertz CT molecular complexity index is 830. The lowest BCUT2D eigenvalue weighted by Crippen LogP contribution is -2.51. The van der Waals surface area contributed by atoms with E-state index in [9.17, 15) is 9.59 Å². The molecule has 6 nitrogen and oxygen atoms in total. The number of hydrogen-bond acceptors (Lipinski definition) is 4. The molecular formula is C22H27N3O3. The monoisotopic (exact) mass is 381 g/mol. The molecule has 148 valence electrons. The Morgan fingerprint density at radius 1 is 1.04 bits per heavy atom. The predicted molar refractivity (Wildman–Crippen MR) is 111 cm³/mol. The van der Waals surface area contributed by atoms with Gasteiger partial charge in [0.2, 0.25) is 11.8 Å². The Kier molecular flexibility index (Phi) is 6.19. The number of aryl methyl sites for hydroxylation is 1. The number of hydrogen-bond donors (Lipinski definition) is 0. The largest absolute Gasteiger partial charge is 0.495 e. The molecule has 0 radical (unpaired) electrons. The van der Waals surface area contributed by atoms with Crippen molar-refractivity contribution < 1.29 is 14.3 Å². The van der Waals surface area contributed by atoms with Crippen molar-refractivity contribution in [3.8, 4) is 5.75 Å². The summed E-state index contributed by atoms with van der Waals surface area (Å²) in [5.74, 6) is 0.356. The molecule has 0 unspecified atom stereocenters. The summed E-state index contributed by atoms with van der Waals surface area (Å²) in [6.07, 6.45) is 0. The summed E-state index contributed by atoms with van der Waals surface area (Å²) in [5, 5.41) is 0. The number of carbonyl (C=O) groups excluding carboxylic acids is 2. The molecule has 2 aromatic carbocycles. The molecule has 0 spiro atoms. The van der Waals surface area contributed by atoms with Crippen LogP contribution in [-0.4, -0.2) is 56.5 Å². The van der Waals surface area contributed by atoms with Gasteiger partial charge in [-0.15, -0.1) is 0 Å². The van der Waals surface area contributed by atoms with Crippen molar-refractivity contribution >= 4 is 23.2 Å². The summed E-state index contributed by atoms with van der Waals surface area (Å²) in [4.78, 5) is 30.8. The normalized spacial score (nSPS) is 14.0. The number of para-hydroxylation sites is 1. The molecule has 1 aliphatic heterocycles. The van der Waals surface area contributed by atoms with E-state index in [1.54, 1.807) is 7.11 Å². The molecule has 0 saturated carbocycles. The fourth-order valence-corrected chi connectivity index (χ4v) is 3.47. The van der Waals surface area contributed by atoms with Crippen molar-refractivity contribution in [3.05, 3.63) is 54.1 Å². The summed E-state index contributed by atoms with van der Waals surface area (Å²) >= 11 is 0. The van der Waals surface area contributed by atoms with Crippen LogP contribution in [0.3, 0.4) is 0 Å². The molecule has 6 heteroatoms. The highest BCUT2D eigenvalue weighted by Crippen LogP contribution is 2.29. The van der Waals surface area contributed by atoms with Crippen molar-refractivity contribution in [2.45, 2.75) is 13.8 Å². The van der Waals surface area contributed by atoms with Gasteiger partial charge in [0.05, 0.1) is 12.8 Å². The first kappa shape index (κ1) is 19.7. The van der Waals surface area contributed by atoms with E-state index < -0.39 is 0 Å². The molecule has 3 rings (SSSR count). The Morgan fingerprint density at radius 3 is 2.32 bits per heavy atom. The van der Waals surface area contributed by atoms with Gasteiger partial charge in [0.15, 0.2) is 0 Å². The van der Waals surface area contributed by atoms with E-state index >= 15 is 0 Å². The van der Waals surface area contributed by atoms with Crippen molar-refractivity contribution in [1.82, 2.24) is 4.90 Å². The van der Waals surface area contributed by atoms with Crippen LogP contribution in [-0.2, 0) is 9.59 Å². The highest BCUT2D eigenvalue weighted by molar-refractivity contribution is 5.98. The maximum atomic E-state index is 12.9. The van der Waals surface area contributed by atoms with Crippen LogP contribution in [0.25, 0.3) is 0 Å². The SMILES string of the molecule is COc1ccc(C)cc1N(CC(=O)N1CCN(c2ccccc2)CC1)C(C)=O. The van der Waals surface area contributed by atoms with Crippen LogP contribution in [0, 0.1) is 6.92 Å². The van der Waals surface area contributed by atoms with Crippen LogP contribution in [0.15, 0.2) is 48.5 Å². The van der Waals surface area contributed by atoms with Gasteiger partial charge in [-0.05, 0) is 36.8 Å². The standard InChI is InChI=1S/C22H27N3O3/c1-17-9-10-21(28-3)20(15-17)25(18(2)26)16-22(27)24-13-11-23(12-14-24)19-7-5-4-6-8-19/h4-10,15H,11-14,16H2,1-3H3. The Balaban J connectivity index is 1.67. The summed E-state index contributed by atoms with van der Waals surface area (Å²) in [5.41, 5.74) is 2.81. The summed E-state index contributed by atoms with van der Waals surface area (Å²) in [6, 6.07) is 15.8. The Labute approximate surface area is 166 Å². The van der Waals surface area contributed by atoms with Gasteiger partial charge in [-0.25, -0.2) is 0 Å². The van der Waals surface area contributed by atoms with Gasteiger partial charge in [0.25, 0.3) is 0 Å². The van der Waals surface area contributed by atoms with E-state index in [-0.39, 0.29) is 18.4 Å². The first-order valence-corrected chi connectivity index (χ1v) is 9.50. The first-order chi connectivity index (χ1) is 13.5. The zero-order valence-electron chi connectivity index (χ0n) is 16.7. The minimum Gasteiger partial charge on any atom is -0.495 e. The van der Waals surface area contributed by atoms with Crippen LogP contribution in [0.4, 0.5) is 11.4 Å².